The van der Waals surface area contributed by atoms with Gasteiger partial charge in [0.15, 0.2) is 0 Å². The lowest BCUT2D eigenvalue weighted by Gasteiger charge is -2.18. The molecule has 1 atom stereocenters. The number of hydrogen-bond acceptors (Lipinski definition) is 4. The third-order valence-corrected chi connectivity index (χ3v) is 4.43. The first kappa shape index (κ1) is 18.0. The number of nitrogens with zero attached hydrogens (tertiary/aromatic N) is 2. The van der Waals surface area contributed by atoms with Gasteiger partial charge in [-0.05, 0) is 37.1 Å². The van der Waals surface area contributed by atoms with Crippen LogP contribution in [0.3, 0.4) is 0 Å². The van der Waals surface area contributed by atoms with Gasteiger partial charge in [0.25, 0.3) is 0 Å². The summed E-state index contributed by atoms with van der Waals surface area (Å²) in [5, 5.41) is 2.98. The molecule has 1 N–H and O–H groups in total. The van der Waals surface area contributed by atoms with Crippen molar-refractivity contribution in [2.75, 3.05) is 26.7 Å². The smallest absolute Gasteiger partial charge is 0.317 e. The Bertz CT molecular complexity index is 733. The fraction of sp³-hybridized carbons (Fsp3) is 0.400. The molecule has 2 amide bonds. The zero-order valence-corrected chi connectivity index (χ0v) is 15.3. The summed E-state index contributed by atoms with van der Waals surface area (Å²) in [6.07, 6.45) is 1.61. The van der Waals surface area contributed by atoms with Gasteiger partial charge in [-0.25, -0.2) is 9.78 Å². The van der Waals surface area contributed by atoms with Crippen LogP contribution < -0.4 is 14.8 Å². The molecule has 0 radical (unpaired) electrons. The number of benzene rings is 1. The quantitative estimate of drug-likeness (QED) is 0.865. The van der Waals surface area contributed by atoms with Gasteiger partial charge in [0, 0.05) is 31.3 Å². The maximum atomic E-state index is 12.3. The number of rotatable bonds is 6. The Kier molecular flexibility index (Phi) is 5.94. The van der Waals surface area contributed by atoms with Crippen molar-refractivity contribution >= 4 is 6.03 Å². The highest BCUT2D eigenvalue weighted by Crippen LogP contribution is 2.17. The van der Waals surface area contributed by atoms with Gasteiger partial charge < -0.3 is 19.7 Å². The molecule has 138 valence electrons. The minimum absolute atomic E-state index is 0.00311. The number of ether oxygens (including phenoxy) is 2. The molecule has 1 unspecified atom stereocenters. The normalized spacial score (nSPS) is 16.4. The lowest BCUT2D eigenvalue weighted by molar-refractivity contribution is 0.183. The van der Waals surface area contributed by atoms with E-state index in [2.05, 4.69) is 10.3 Å². The summed E-state index contributed by atoms with van der Waals surface area (Å²) in [6.45, 7) is 3.82. The van der Waals surface area contributed by atoms with E-state index in [1.807, 2.05) is 49.4 Å². The monoisotopic (exact) mass is 355 g/mol. The van der Waals surface area contributed by atoms with Crippen LogP contribution in [0, 0.1) is 6.92 Å². The largest absolute Gasteiger partial charge is 0.497 e. The number of urea groups is 1. The summed E-state index contributed by atoms with van der Waals surface area (Å²) < 4.78 is 11.0. The van der Waals surface area contributed by atoms with Gasteiger partial charge >= 0.3 is 6.03 Å². The molecule has 1 fully saturated rings. The Hall–Kier alpha value is -2.76. The lowest BCUT2D eigenvalue weighted by Crippen LogP contribution is -2.40. The minimum atomic E-state index is -0.0400. The van der Waals surface area contributed by atoms with E-state index in [0.29, 0.717) is 25.5 Å². The molecule has 1 aliphatic rings. The first-order valence-electron chi connectivity index (χ1n) is 8.90. The van der Waals surface area contributed by atoms with Crippen LogP contribution in [-0.2, 0) is 6.42 Å². The number of carbonyl (C=O) groups is 1. The van der Waals surface area contributed by atoms with E-state index >= 15 is 0 Å². The lowest BCUT2D eigenvalue weighted by atomic mass is 10.1. The zero-order valence-electron chi connectivity index (χ0n) is 15.3. The summed E-state index contributed by atoms with van der Waals surface area (Å²) in [5.41, 5.74) is 2.09. The predicted molar refractivity (Wildman–Crippen MR) is 99.7 cm³/mol. The Balaban J connectivity index is 1.41. The van der Waals surface area contributed by atoms with Crippen molar-refractivity contribution in [2.24, 2.45) is 0 Å². The Morgan fingerprint density at radius 3 is 2.81 bits per heavy atom. The van der Waals surface area contributed by atoms with Crippen LogP contribution in [0.2, 0.25) is 0 Å². The zero-order chi connectivity index (χ0) is 18.4. The van der Waals surface area contributed by atoms with Gasteiger partial charge in [-0.2, -0.15) is 0 Å². The van der Waals surface area contributed by atoms with E-state index in [-0.39, 0.29) is 12.1 Å². The van der Waals surface area contributed by atoms with Gasteiger partial charge in [-0.15, -0.1) is 0 Å². The second-order valence-corrected chi connectivity index (χ2v) is 6.42. The van der Waals surface area contributed by atoms with Crippen LogP contribution in [0.1, 0.15) is 17.7 Å². The van der Waals surface area contributed by atoms with Gasteiger partial charge in [0.2, 0.25) is 5.88 Å². The number of pyridine rings is 1. The van der Waals surface area contributed by atoms with Crippen molar-refractivity contribution < 1.29 is 14.3 Å². The van der Waals surface area contributed by atoms with Crippen molar-refractivity contribution in [3.8, 4) is 11.6 Å². The molecule has 1 aromatic heterocycles. The van der Waals surface area contributed by atoms with Crippen molar-refractivity contribution in [2.45, 2.75) is 25.9 Å². The van der Waals surface area contributed by atoms with Crippen LogP contribution in [0.15, 0.2) is 42.5 Å². The molecule has 1 aromatic carbocycles. The van der Waals surface area contributed by atoms with Crippen LogP contribution in [-0.4, -0.2) is 48.8 Å². The number of aryl methyl sites for hydroxylation is 1. The van der Waals surface area contributed by atoms with Crippen molar-refractivity contribution in [1.82, 2.24) is 15.2 Å². The first-order chi connectivity index (χ1) is 12.6. The van der Waals surface area contributed by atoms with E-state index in [0.717, 1.165) is 24.3 Å². The molecule has 2 aromatic rings. The summed E-state index contributed by atoms with van der Waals surface area (Å²) in [5.74, 6) is 1.46. The number of hydrogen-bond donors (Lipinski definition) is 1. The highest BCUT2D eigenvalue weighted by Gasteiger charge is 2.27. The number of carbonyl (C=O) groups excluding carboxylic acids is 1. The number of amides is 2. The summed E-state index contributed by atoms with van der Waals surface area (Å²) in [6, 6.07) is 13.6. The number of nitrogens with one attached hydrogen (secondary N) is 1. The molecular formula is C20H25N3O3. The highest BCUT2D eigenvalue weighted by atomic mass is 16.5. The summed E-state index contributed by atoms with van der Waals surface area (Å²) in [7, 11) is 1.65. The number of aromatic nitrogens is 1. The Morgan fingerprint density at radius 1 is 1.27 bits per heavy atom. The molecule has 2 heterocycles. The van der Waals surface area contributed by atoms with E-state index < -0.39 is 0 Å². The van der Waals surface area contributed by atoms with E-state index in [4.69, 9.17) is 9.47 Å². The van der Waals surface area contributed by atoms with Crippen LogP contribution in [0.4, 0.5) is 4.79 Å². The third-order valence-electron chi connectivity index (χ3n) is 4.43. The summed E-state index contributed by atoms with van der Waals surface area (Å²) in [4.78, 5) is 18.5. The molecule has 0 bridgehead atoms. The first-order valence-corrected chi connectivity index (χ1v) is 8.90. The fourth-order valence-corrected chi connectivity index (χ4v) is 2.98. The van der Waals surface area contributed by atoms with Crippen LogP contribution in [0.5, 0.6) is 11.6 Å². The third kappa shape index (κ3) is 4.88. The predicted octanol–water partition coefficient (Wildman–Crippen LogP) is 2.80. The minimum Gasteiger partial charge on any atom is -0.497 e. The standard InChI is InChI=1S/C20H25N3O3/c1-15-4-3-5-19(22-15)26-18-11-13-23(14-18)20(24)21-12-10-16-6-8-17(25-2)9-7-16/h3-9,18H,10-14H2,1-2H3,(H,21,24). The fourth-order valence-electron chi connectivity index (χ4n) is 2.98. The molecule has 6 heteroatoms. The van der Waals surface area contributed by atoms with Crippen molar-refractivity contribution in [1.29, 1.82) is 0 Å². The second-order valence-electron chi connectivity index (χ2n) is 6.42. The maximum Gasteiger partial charge on any atom is 0.317 e. The molecular weight excluding hydrogens is 330 g/mol. The molecule has 0 aliphatic carbocycles. The van der Waals surface area contributed by atoms with E-state index in [9.17, 15) is 4.79 Å². The van der Waals surface area contributed by atoms with Crippen molar-refractivity contribution in [3.63, 3.8) is 0 Å². The van der Waals surface area contributed by atoms with Crippen molar-refractivity contribution in [3.05, 3.63) is 53.7 Å². The van der Waals surface area contributed by atoms with Crippen LogP contribution >= 0.6 is 0 Å². The van der Waals surface area contributed by atoms with Crippen LogP contribution in [0.25, 0.3) is 0 Å². The Morgan fingerprint density at radius 2 is 2.08 bits per heavy atom. The molecule has 3 rings (SSSR count). The molecule has 6 nitrogen and oxygen atoms in total. The van der Waals surface area contributed by atoms with E-state index in [1.54, 1.807) is 12.0 Å². The molecule has 1 aliphatic heterocycles. The summed E-state index contributed by atoms with van der Waals surface area (Å²) >= 11 is 0. The topological polar surface area (TPSA) is 63.7 Å². The number of likely N-dealkylation sites (tertiary alicyclic amines) is 1. The molecule has 1 saturated heterocycles. The molecule has 0 spiro atoms. The average Bonchev–Trinajstić information content (AvgIpc) is 3.11. The van der Waals surface area contributed by atoms with Gasteiger partial charge in [-0.1, -0.05) is 18.2 Å². The van der Waals surface area contributed by atoms with E-state index in [1.165, 1.54) is 5.56 Å². The second kappa shape index (κ2) is 8.56. The average molecular weight is 355 g/mol. The van der Waals surface area contributed by atoms with Gasteiger partial charge in [0.1, 0.15) is 11.9 Å². The van der Waals surface area contributed by atoms with Gasteiger partial charge in [0.05, 0.1) is 13.7 Å². The molecule has 0 saturated carbocycles. The maximum absolute atomic E-state index is 12.3. The highest BCUT2D eigenvalue weighted by molar-refractivity contribution is 5.74. The van der Waals surface area contributed by atoms with Gasteiger partial charge in [-0.3, -0.25) is 0 Å². The SMILES string of the molecule is COc1ccc(CCNC(=O)N2CCC(Oc3cccc(C)n3)C2)cc1. The molecule has 26 heavy (non-hydrogen) atoms. The Labute approximate surface area is 154 Å². The number of methoxy groups -OCH3 is 1.